The lowest BCUT2D eigenvalue weighted by molar-refractivity contribution is -0.117. The average molecular weight is 272 g/mol. The third-order valence-electron chi connectivity index (χ3n) is 2.65. The Morgan fingerprint density at radius 1 is 1.42 bits per heavy atom. The topological polar surface area (TPSA) is 52.6 Å². The molecule has 0 heterocycles. The minimum absolute atomic E-state index is 0.0374. The van der Waals surface area contributed by atoms with Crippen molar-refractivity contribution in [2.45, 2.75) is 13.3 Å². The molecule has 1 aromatic rings. The van der Waals surface area contributed by atoms with Gasteiger partial charge in [0.1, 0.15) is 11.6 Å². The highest BCUT2D eigenvalue weighted by atomic mass is 19.1. The molecule has 1 amide bonds. The van der Waals surface area contributed by atoms with Crippen molar-refractivity contribution in [2.75, 3.05) is 31.6 Å². The number of nitrogens with one attached hydrogen (secondary N) is 1. The van der Waals surface area contributed by atoms with Gasteiger partial charge in [0.15, 0.2) is 0 Å². The Kier molecular flexibility index (Phi) is 6.38. The minimum atomic E-state index is -0.799. The van der Waals surface area contributed by atoms with E-state index in [1.807, 2.05) is 11.8 Å². The van der Waals surface area contributed by atoms with Gasteiger partial charge in [-0.25, -0.2) is 8.78 Å². The quantitative estimate of drug-likeness (QED) is 0.793. The smallest absolute Gasteiger partial charge is 0.238 e. The Hall–Kier alpha value is -1.53. The molecule has 0 aliphatic carbocycles. The van der Waals surface area contributed by atoms with Gasteiger partial charge < -0.3 is 10.4 Å². The second kappa shape index (κ2) is 7.81. The molecule has 1 rings (SSSR count). The summed E-state index contributed by atoms with van der Waals surface area (Å²) in [6.45, 7) is 3.30. The number of hydrogen-bond donors (Lipinski definition) is 2. The van der Waals surface area contributed by atoms with Crippen LogP contribution >= 0.6 is 0 Å². The molecule has 0 aromatic heterocycles. The van der Waals surface area contributed by atoms with Crippen LogP contribution in [0, 0.1) is 11.6 Å². The maximum Gasteiger partial charge on any atom is 0.238 e. The van der Waals surface area contributed by atoms with E-state index >= 15 is 0 Å². The van der Waals surface area contributed by atoms with Crippen LogP contribution in [0.1, 0.15) is 13.3 Å². The van der Waals surface area contributed by atoms with Crippen molar-refractivity contribution in [3.05, 3.63) is 29.8 Å². The highest BCUT2D eigenvalue weighted by molar-refractivity contribution is 5.92. The predicted octanol–water partition coefficient (Wildman–Crippen LogP) is 1.61. The SMILES string of the molecule is CCN(CCCO)CC(=O)Nc1ccc(F)cc1F. The van der Waals surface area contributed by atoms with E-state index in [2.05, 4.69) is 5.32 Å². The second-order valence-electron chi connectivity index (χ2n) is 4.12. The van der Waals surface area contributed by atoms with E-state index in [4.69, 9.17) is 5.11 Å². The van der Waals surface area contributed by atoms with Crippen molar-refractivity contribution in [1.29, 1.82) is 0 Å². The molecule has 1 aromatic carbocycles. The second-order valence-corrected chi connectivity index (χ2v) is 4.12. The van der Waals surface area contributed by atoms with Gasteiger partial charge in [-0.15, -0.1) is 0 Å². The van der Waals surface area contributed by atoms with Crippen molar-refractivity contribution in [2.24, 2.45) is 0 Å². The number of amides is 1. The third-order valence-corrected chi connectivity index (χ3v) is 2.65. The van der Waals surface area contributed by atoms with Crippen molar-refractivity contribution in [3.8, 4) is 0 Å². The molecule has 0 saturated carbocycles. The molecule has 19 heavy (non-hydrogen) atoms. The van der Waals surface area contributed by atoms with Crippen LogP contribution in [-0.2, 0) is 4.79 Å². The summed E-state index contributed by atoms with van der Waals surface area (Å²) in [7, 11) is 0. The number of halogens is 2. The van der Waals surface area contributed by atoms with Gasteiger partial charge in [0.25, 0.3) is 0 Å². The zero-order valence-electron chi connectivity index (χ0n) is 10.8. The fraction of sp³-hybridized carbons (Fsp3) is 0.462. The van der Waals surface area contributed by atoms with Crippen LogP contribution < -0.4 is 5.32 Å². The first-order valence-corrected chi connectivity index (χ1v) is 6.15. The summed E-state index contributed by atoms with van der Waals surface area (Å²) in [4.78, 5) is 13.5. The van der Waals surface area contributed by atoms with Crippen LogP contribution in [0.15, 0.2) is 18.2 Å². The summed E-state index contributed by atoms with van der Waals surface area (Å²) in [6, 6.07) is 2.99. The number of nitrogens with zero attached hydrogens (tertiary/aromatic N) is 1. The first kappa shape index (κ1) is 15.5. The van der Waals surface area contributed by atoms with Crippen LogP contribution in [0.3, 0.4) is 0 Å². The molecule has 0 spiro atoms. The van der Waals surface area contributed by atoms with E-state index in [1.54, 1.807) is 0 Å². The zero-order valence-corrected chi connectivity index (χ0v) is 10.8. The molecule has 0 atom stereocenters. The summed E-state index contributed by atoms with van der Waals surface area (Å²) < 4.78 is 26.0. The first-order valence-electron chi connectivity index (χ1n) is 6.15. The van der Waals surface area contributed by atoms with E-state index in [1.165, 1.54) is 6.07 Å². The number of hydrogen-bond acceptors (Lipinski definition) is 3. The Bertz CT molecular complexity index is 427. The van der Waals surface area contributed by atoms with Crippen LogP contribution in [0.25, 0.3) is 0 Å². The number of aliphatic hydroxyl groups is 1. The highest BCUT2D eigenvalue weighted by Crippen LogP contribution is 2.14. The van der Waals surface area contributed by atoms with Crippen LogP contribution in [0.5, 0.6) is 0 Å². The van der Waals surface area contributed by atoms with Gasteiger partial charge in [-0.2, -0.15) is 0 Å². The van der Waals surface area contributed by atoms with E-state index < -0.39 is 11.6 Å². The van der Waals surface area contributed by atoms with Gasteiger partial charge in [0.05, 0.1) is 12.2 Å². The molecular weight excluding hydrogens is 254 g/mol. The number of aliphatic hydroxyl groups excluding tert-OH is 1. The number of carbonyl (C=O) groups is 1. The molecule has 0 unspecified atom stereocenters. The van der Waals surface area contributed by atoms with E-state index in [0.717, 1.165) is 12.1 Å². The van der Waals surface area contributed by atoms with Gasteiger partial charge in [-0.1, -0.05) is 6.92 Å². The lowest BCUT2D eigenvalue weighted by Crippen LogP contribution is -2.34. The van der Waals surface area contributed by atoms with Gasteiger partial charge in [0.2, 0.25) is 5.91 Å². The van der Waals surface area contributed by atoms with Crippen molar-refractivity contribution in [1.82, 2.24) is 4.90 Å². The van der Waals surface area contributed by atoms with Crippen molar-refractivity contribution >= 4 is 11.6 Å². The van der Waals surface area contributed by atoms with Gasteiger partial charge >= 0.3 is 0 Å². The zero-order chi connectivity index (χ0) is 14.3. The maximum absolute atomic E-state index is 13.3. The normalized spacial score (nSPS) is 10.8. The standard InChI is InChI=1S/C13H18F2N2O2/c1-2-17(6-3-7-18)9-13(19)16-12-5-4-10(14)8-11(12)15/h4-5,8,18H,2-3,6-7,9H2,1H3,(H,16,19). The Labute approximate surface area is 111 Å². The Morgan fingerprint density at radius 3 is 2.74 bits per heavy atom. The molecule has 0 radical (unpaired) electrons. The molecule has 0 bridgehead atoms. The average Bonchev–Trinajstić information content (AvgIpc) is 2.38. The van der Waals surface area contributed by atoms with Crippen molar-refractivity contribution < 1.29 is 18.7 Å². The molecule has 0 aliphatic heterocycles. The molecule has 2 N–H and O–H groups in total. The number of benzene rings is 1. The minimum Gasteiger partial charge on any atom is -0.396 e. The number of carbonyl (C=O) groups excluding carboxylic acids is 1. The van der Waals surface area contributed by atoms with Gasteiger partial charge in [0, 0.05) is 19.2 Å². The molecule has 0 saturated heterocycles. The highest BCUT2D eigenvalue weighted by Gasteiger charge is 2.11. The molecule has 4 nitrogen and oxygen atoms in total. The summed E-state index contributed by atoms with van der Waals surface area (Å²) >= 11 is 0. The lowest BCUT2D eigenvalue weighted by Gasteiger charge is -2.19. The van der Waals surface area contributed by atoms with E-state index in [9.17, 15) is 13.6 Å². The largest absolute Gasteiger partial charge is 0.396 e. The maximum atomic E-state index is 13.3. The first-order chi connectivity index (χ1) is 9.06. The molecule has 0 aliphatic rings. The predicted molar refractivity (Wildman–Crippen MR) is 68.8 cm³/mol. The Morgan fingerprint density at radius 2 is 2.16 bits per heavy atom. The molecule has 6 heteroatoms. The molecule has 106 valence electrons. The van der Waals surface area contributed by atoms with Crippen LogP contribution in [-0.4, -0.2) is 42.2 Å². The van der Waals surface area contributed by atoms with Crippen LogP contribution in [0.4, 0.5) is 14.5 Å². The van der Waals surface area contributed by atoms with E-state index in [-0.39, 0.29) is 24.7 Å². The third kappa shape index (κ3) is 5.32. The summed E-state index contributed by atoms with van der Waals surface area (Å²) in [5.41, 5.74) is -0.0374. The summed E-state index contributed by atoms with van der Waals surface area (Å²) in [5.74, 6) is -1.86. The monoisotopic (exact) mass is 272 g/mol. The van der Waals surface area contributed by atoms with E-state index in [0.29, 0.717) is 19.5 Å². The summed E-state index contributed by atoms with van der Waals surface area (Å²) in [5, 5.41) is 11.1. The summed E-state index contributed by atoms with van der Waals surface area (Å²) in [6.07, 6.45) is 0.575. The van der Waals surface area contributed by atoms with Gasteiger partial charge in [-0.05, 0) is 25.1 Å². The Balaban J connectivity index is 2.54. The number of rotatable bonds is 7. The number of anilines is 1. The van der Waals surface area contributed by atoms with Crippen LogP contribution in [0.2, 0.25) is 0 Å². The van der Waals surface area contributed by atoms with Gasteiger partial charge in [-0.3, -0.25) is 9.69 Å². The molecular formula is C13H18F2N2O2. The fourth-order valence-electron chi connectivity index (χ4n) is 1.63. The number of likely N-dealkylation sites (N-methyl/N-ethyl adjacent to an activating group) is 1. The van der Waals surface area contributed by atoms with Crippen molar-refractivity contribution in [3.63, 3.8) is 0 Å². The fourth-order valence-corrected chi connectivity index (χ4v) is 1.63. The molecule has 0 fully saturated rings. The lowest BCUT2D eigenvalue weighted by atomic mass is 10.3.